The fourth-order valence-electron chi connectivity index (χ4n) is 4.10. The van der Waals surface area contributed by atoms with Crippen LogP contribution in [0.3, 0.4) is 0 Å². The number of nitrogens with zero attached hydrogens (tertiary/aromatic N) is 5. The van der Waals surface area contributed by atoms with Crippen LogP contribution < -0.4 is 10.2 Å². The third kappa shape index (κ3) is 3.95. The first kappa shape index (κ1) is 20.8. The van der Waals surface area contributed by atoms with Gasteiger partial charge in [0.1, 0.15) is 6.04 Å². The number of hydrogen-bond donors (Lipinski definition) is 1. The van der Waals surface area contributed by atoms with E-state index in [0.717, 1.165) is 23.2 Å². The molecule has 1 aliphatic rings. The first-order chi connectivity index (χ1) is 16.0. The Hall–Kier alpha value is -4.08. The highest BCUT2D eigenvalue weighted by atomic mass is 19.2. The summed E-state index contributed by atoms with van der Waals surface area (Å²) < 4.78 is 30.4. The van der Waals surface area contributed by atoms with Crippen LogP contribution in [0.5, 0.6) is 0 Å². The van der Waals surface area contributed by atoms with Crippen molar-refractivity contribution in [3.05, 3.63) is 72.8 Å². The number of aryl methyl sites for hydroxylation is 1. The van der Waals surface area contributed by atoms with Gasteiger partial charge in [-0.25, -0.2) is 18.7 Å². The first-order valence-electron chi connectivity index (χ1n) is 10.5. The average molecular weight is 450 g/mol. The molecule has 1 N–H and O–H groups in total. The van der Waals surface area contributed by atoms with Crippen molar-refractivity contribution in [2.24, 2.45) is 0 Å². The number of para-hydroxylation sites is 2. The molecule has 3 heterocycles. The van der Waals surface area contributed by atoms with Crippen molar-refractivity contribution in [1.82, 2.24) is 19.1 Å². The van der Waals surface area contributed by atoms with Gasteiger partial charge in [0.2, 0.25) is 11.9 Å². The molecule has 0 saturated carbocycles. The van der Waals surface area contributed by atoms with E-state index < -0.39 is 23.6 Å². The lowest BCUT2D eigenvalue weighted by molar-refractivity contribution is -0.124. The Morgan fingerprint density at radius 1 is 1.09 bits per heavy atom. The molecule has 1 atom stereocenters. The van der Waals surface area contributed by atoms with E-state index in [0.29, 0.717) is 25.5 Å². The van der Waals surface area contributed by atoms with Gasteiger partial charge in [0.15, 0.2) is 11.6 Å². The number of aromatic nitrogens is 4. The number of rotatable bonds is 7. The maximum Gasteiger partial charge on any atom is 0.253 e. The molecular weight excluding hydrogens is 430 g/mol. The molecule has 168 valence electrons. The van der Waals surface area contributed by atoms with Crippen LogP contribution >= 0.6 is 0 Å². The molecule has 2 aromatic carbocycles. The minimum atomic E-state index is -1.06. The fourth-order valence-corrected chi connectivity index (χ4v) is 4.10. The number of hydrogen-bond acceptors (Lipinski definition) is 4. The number of halogens is 2. The minimum absolute atomic E-state index is 0.122. The van der Waals surface area contributed by atoms with Gasteiger partial charge in [-0.05, 0) is 30.7 Å². The number of nitrogens with one attached hydrogen (secondary N) is 1. The van der Waals surface area contributed by atoms with Crippen LogP contribution in [0.4, 0.5) is 20.4 Å². The van der Waals surface area contributed by atoms with Crippen LogP contribution in [0.15, 0.2) is 61.2 Å². The predicted octanol–water partition coefficient (Wildman–Crippen LogP) is 3.52. The molecule has 8 nitrogen and oxygen atoms in total. The predicted molar refractivity (Wildman–Crippen MR) is 118 cm³/mol. The van der Waals surface area contributed by atoms with Crippen LogP contribution in [-0.4, -0.2) is 37.5 Å². The van der Waals surface area contributed by atoms with Crippen molar-refractivity contribution in [3.8, 4) is 0 Å². The highest BCUT2D eigenvalue weighted by Gasteiger charge is 2.40. The summed E-state index contributed by atoms with van der Waals surface area (Å²) in [6.45, 7) is 1.12. The second-order valence-corrected chi connectivity index (χ2v) is 7.81. The quantitative estimate of drug-likeness (QED) is 0.467. The lowest BCUT2D eigenvalue weighted by atomic mass is 10.1. The van der Waals surface area contributed by atoms with Crippen LogP contribution in [-0.2, 0) is 16.1 Å². The van der Waals surface area contributed by atoms with Crippen LogP contribution in [0.25, 0.3) is 11.0 Å². The summed E-state index contributed by atoms with van der Waals surface area (Å²) in [5, 5.41) is 2.54. The zero-order chi connectivity index (χ0) is 22.9. The summed E-state index contributed by atoms with van der Waals surface area (Å²) in [7, 11) is 0. The van der Waals surface area contributed by atoms with Crippen molar-refractivity contribution in [2.45, 2.75) is 25.4 Å². The summed E-state index contributed by atoms with van der Waals surface area (Å²) >= 11 is 0. The van der Waals surface area contributed by atoms with Gasteiger partial charge in [0, 0.05) is 37.2 Å². The summed E-state index contributed by atoms with van der Waals surface area (Å²) in [5.74, 6) is -2.27. The lowest BCUT2D eigenvalue weighted by Gasteiger charge is -2.16. The van der Waals surface area contributed by atoms with Gasteiger partial charge in [-0.1, -0.05) is 12.1 Å². The number of carbonyl (C=O) groups excluding carboxylic acids is 2. The number of benzene rings is 2. The maximum absolute atomic E-state index is 13.5. The normalized spacial score (nSPS) is 15.3. The molecule has 5 rings (SSSR count). The van der Waals surface area contributed by atoms with E-state index in [1.165, 1.54) is 6.07 Å². The van der Waals surface area contributed by atoms with Crippen molar-refractivity contribution < 1.29 is 18.4 Å². The Morgan fingerprint density at radius 2 is 1.94 bits per heavy atom. The molecule has 2 amide bonds. The van der Waals surface area contributed by atoms with E-state index >= 15 is 0 Å². The van der Waals surface area contributed by atoms with Gasteiger partial charge < -0.3 is 9.88 Å². The molecule has 0 aliphatic carbocycles. The Kier molecular flexibility index (Phi) is 5.33. The van der Waals surface area contributed by atoms with E-state index in [1.54, 1.807) is 22.0 Å². The molecule has 33 heavy (non-hydrogen) atoms. The SMILES string of the molecule is O=C(CC1C(=O)N(CCCn2ccnc2)c2nc3ccccc3n21)Nc1ccc(F)c(F)c1. The van der Waals surface area contributed by atoms with Gasteiger partial charge in [-0.2, -0.15) is 0 Å². The number of amides is 2. The van der Waals surface area contributed by atoms with Crippen molar-refractivity contribution in [1.29, 1.82) is 0 Å². The van der Waals surface area contributed by atoms with Gasteiger partial charge in [-0.15, -0.1) is 0 Å². The third-order valence-corrected chi connectivity index (χ3v) is 5.62. The molecule has 0 radical (unpaired) electrons. The van der Waals surface area contributed by atoms with Gasteiger partial charge in [-0.3, -0.25) is 19.1 Å². The van der Waals surface area contributed by atoms with Crippen molar-refractivity contribution in [3.63, 3.8) is 0 Å². The summed E-state index contributed by atoms with van der Waals surface area (Å²) in [6, 6.07) is 9.75. The Morgan fingerprint density at radius 3 is 2.73 bits per heavy atom. The number of imidazole rings is 2. The molecule has 0 fully saturated rings. The highest BCUT2D eigenvalue weighted by Crippen LogP contribution is 2.36. The molecule has 0 bridgehead atoms. The zero-order valence-corrected chi connectivity index (χ0v) is 17.5. The van der Waals surface area contributed by atoms with E-state index in [2.05, 4.69) is 15.3 Å². The van der Waals surface area contributed by atoms with Gasteiger partial charge >= 0.3 is 0 Å². The average Bonchev–Trinajstić information content (AvgIpc) is 3.50. The Bertz CT molecular complexity index is 1330. The summed E-state index contributed by atoms with van der Waals surface area (Å²) in [4.78, 5) is 36.3. The molecule has 10 heteroatoms. The molecule has 0 saturated heterocycles. The van der Waals surface area contributed by atoms with Crippen LogP contribution in [0, 0.1) is 11.6 Å². The highest BCUT2D eigenvalue weighted by molar-refractivity contribution is 6.05. The smallest absolute Gasteiger partial charge is 0.253 e. The molecule has 1 aliphatic heterocycles. The number of anilines is 2. The van der Waals surface area contributed by atoms with Crippen molar-refractivity contribution >= 4 is 34.5 Å². The second kappa shape index (κ2) is 8.45. The largest absolute Gasteiger partial charge is 0.337 e. The zero-order valence-electron chi connectivity index (χ0n) is 17.5. The first-order valence-corrected chi connectivity index (χ1v) is 10.5. The Labute approximate surface area is 187 Å². The Balaban J connectivity index is 1.38. The van der Waals surface area contributed by atoms with Gasteiger partial charge in [0.05, 0.1) is 23.8 Å². The number of fused-ring (bicyclic) bond motifs is 3. The number of carbonyl (C=O) groups is 2. The molecule has 0 spiro atoms. The fraction of sp³-hybridized carbons (Fsp3) is 0.217. The summed E-state index contributed by atoms with van der Waals surface area (Å²) in [5.41, 5.74) is 1.60. The molecule has 4 aromatic rings. The van der Waals surface area contributed by atoms with Crippen molar-refractivity contribution in [2.75, 3.05) is 16.8 Å². The van der Waals surface area contributed by atoms with Crippen LogP contribution in [0.2, 0.25) is 0 Å². The molecule has 2 aromatic heterocycles. The topological polar surface area (TPSA) is 85.1 Å². The minimum Gasteiger partial charge on any atom is -0.337 e. The molecule has 1 unspecified atom stereocenters. The maximum atomic E-state index is 13.5. The monoisotopic (exact) mass is 450 g/mol. The van der Waals surface area contributed by atoms with E-state index in [1.807, 2.05) is 35.0 Å². The summed E-state index contributed by atoms with van der Waals surface area (Å²) in [6.07, 6.45) is 5.78. The van der Waals surface area contributed by atoms with Gasteiger partial charge in [0.25, 0.3) is 5.91 Å². The molecular formula is C23H20F2N6O2. The second-order valence-electron chi connectivity index (χ2n) is 7.81. The lowest BCUT2D eigenvalue weighted by Crippen LogP contribution is -2.32. The third-order valence-electron chi connectivity index (χ3n) is 5.62. The standard InChI is InChI=1S/C23H20F2N6O2/c24-16-7-6-15(12-17(16)25)27-21(32)13-20-22(33)30(10-3-9-29-11-8-26-14-29)23-28-18-4-1-2-5-19(18)31(20)23/h1-2,4-8,11-12,14,20H,3,9-10,13H2,(H,27,32). The van der Waals surface area contributed by atoms with E-state index in [9.17, 15) is 18.4 Å². The van der Waals surface area contributed by atoms with Crippen LogP contribution in [0.1, 0.15) is 18.9 Å². The van der Waals surface area contributed by atoms with E-state index in [-0.39, 0.29) is 18.0 Å². The van der Waals surface area contributed by atoms with E-state index in [4.69, 9.17) is 0 Å².